The fraction of sp³-hybridized carbons (Fsp3) is 0.533. The third-order valence-corrected chi connectivity index (χ3v) is 4.01. The van der Waals surface area contributed by atoms with Crippen LogP contribution in [0.15, 0.2) is 28.7 Å². The number of nitrogens with zero attached hydrogens (tertiary/aromatic N) is 1. The summed E-state index contributed by atoms with van der Waals surface area (Å²) in [5.41, 5.74) is 0.820. The van der Waals surface area contributed by atoms with Gasteiger partial charge in [-0.2, -0.15) is 0 Å². The normalized spacial score (nSPS) is 15.1. The van der Waals surface area contributed by atoms with E-state index in [1.54, 1.807) is 0 Å². The van der Waals surface area contributed by atoms with Gasteiger partial charge in [-0.1, -0.05) is 35.0 Å². The molecule has 0 aliphatic heterocycles. The first-order valence-corrected chi connectivity index (χ1v) is 7.49. The van der Waals surface area contributed by atoms with Gasteiger partial charge < -0.3 is 4.90 Å². The predicted octanol–water partition coefficient (Wildman–Crippen LogP) is 3.75. The molecule has 98 valence electrons. The summed E-state index contributed by atoms with van der Waals surface area (Å²) in [6.07, 6.45) is 3.37. The predicted molar refractivity (Wildman–Crippen MR) is 77.9 cm³/mol. The Bertz CT molecular complexity index is 397. The van der Waals surface area contributed by atoms with Gasteiger partial charge in [-0.3, -0.25) is 4.79 Å². The first-order chi connectivity index (χ1) is 8.69. The number of rotatable bonds is 7. The Labute approximate surface area is 117 Å². The third-order valence-electron chi connectivity index (χ3n) is 3.48. The highest BCUT2D eigenvalue weighted by molar-refractivity contribution is 9.10. The van der Waals surface area contributed by atoms with Crippen LogP contribution < -0.4 is 0 Å². The molecular formula is C15H20BrNO. The van der Waals surface area contributed by atoms with E-state index in [0.717, 1.165) is 29.0 Å². The molecule has 0 spiro atoms. The van der Waals surface area contributed by atoms with Crippen LogP contribution in [0.3, 0.4) is 0 Å². The van der Waals surface area contributed by atoms with Gasteiger partial charge in [-0.05, 0) is 37.4 Å². The minimum Gasteiger partial charge on any atom is -0.303 e. The molecule has 1 aromatic rings. The molecule has 1 aliphatic rings. The highest BCUT2D eigenvalue weighted by atomic mass is 79.9. The summed E-state index contributed by atoms with van der Waals surface area (Å²) >= 11 is 3.38. The zero-order valence-corrected chi connectivity index (χ0v) is 12.4. The lowest BCUT2D eigenvalue weighted by atomic mass is 10.1. The van der Waals surface area contributed by atoms with E-state index < -0.39 is 0 Å². The average Bonchev–Trinajstić information content (AvgIpc) is 3.18. The molecule has 0 aromatic heterocycles. The van der Waals surface area contributed by atoms with Crippen molar-refractivity contribution >= 4 is 21.7 Å². The van der Waals surface area contributed by atoms with Crippen LogP contribution >= 0.6 is 15.9 Å². The molecule has 18 heavy (non-hydrogen) atoms. The molecule has 2 nitrogen and oxygen atoms in total. The molecule has 1 fully saturated rings. The molecular weight excluding hydrogens is 290 g/mol. The quantitative estimate of drug-likeness (QED) is 0.715. The van der Waals surface area contributed by atoms with Gasteiger partial charge in [0.1, 0.15) is 0 Å². The average molecular weight is 310 g/mol. The van der Waals surface area contributed by atoms with Crippen molar-refractivity contribution in [3.05, 3.63) is 34.3 Å². The zero-order valence-electron chi connectivity index (χ0n) is 10.9. The summed E-state index contributed by atoms with van der Waals surface area (Å²) in [7, 11) is 0. The Morgan fingerprint density at radius 1 is 1.33 bits per heavy atom. The minimum atomic E-state index is 0.247. The SMILES string of the molecule is CCN(CCC(=O)c1ccc(Br)cc1)CC1CC1. The van der Waals surface area contributed by atoms with Gasteiger partial charge in [0, 0.05) is 29.5 Å². The van der Waals surface area contributed by atoms with Gasteiger partial charge in [0.2, 0.25) is 0 Å². The highest BCUT2D eigenvalue weighted by Crippen LogP contribution is 2.29. The Morgan fingerprint density at radius 3 is 2.56 bits per heavy atom. The summed E-state index contributed by atoms with van der Waals surface area (Å²) < 4.78 is 1.02. The fourth-order valence-electron chi connectivity index (χ4n) is 2.08. The number of hydrogen-bond donors (Lipinski definition) is 0. The monoisotopic (exact) mass is 309 g/mol. The van der Waals surface area contributed by atoms with E-state index in [1.807, 2.05) is 24.3 Å². The lowest BCUT2D eigenvalue weighted by molar-refractivity contribution is 0.0964. The molecule has 0 amide bonds. The van der Waals surface area contributed by atoms with E-state index >= 15 is 0 Å². The number of carbonyl (C=O) groups is 1. The maximum atomic E-state index is 12.0. The second kappa shape index (κ2) is 6.48. The number of hydrogen-bond acceptors (Lipinski definition) is 2. The highest BCUT2D eigenvalue weighted by Gasteiger charge is 2.23. The Balaban J connectivity index is 1.80. The number of carbonyl (C=O) groups excluding carboxylic acids is 1. The van der Waals surface area contributed by atoms with Gasteiger partial charge in [-0.15, -0.1) is 0 Å². The van der Waals surface area contributed by atoms with Crippen molar-refractivity contribution in [3.8, 4) is 0 Å². The van der Waals surface area contributed by atoms with Crippen LogP contribution in [-0.2, 0) is 0 Å². The van der Waals surface area contributed by atoms with Gasteiger partial charge in [0.05, 0.1) is 0 Å². The zero-order chi connectivity index (χ0) is 13.0. The van der Waals surface area contributed by atoms with Crippen LogP contribution in [0.2, 0.25) is 0 Å². The Morgan fingerprint density at radius 2 is 2.00 bits per heavy atom. The first-order valence-electron chi connectivity index (χ1n) is 6.70. The van der Waals surface area contributed by atoms with Gasteiger partial charge in [-0.25, -0.2) is 0 Å². The van der Waals surface area contributed by atoms with Crippen LogP contribution in [0.1, 0.15) is 36.5 Å². The summed E-state index contributed by atoms with van der Waals surface area (Å²) in [6, 6.07) is 7.64. The lowest BCUT2D eigenvalue weighted by Gasteiger charge is -2.19. The standard InChI is InChI=1S/C15H20BrNO/c1-2-17(11-12-3-4-12)10-9-15(18)13-5-7-14(16)8-6-13/h5-8,12H,2-4,9-11H2,1H3. The Kier molecular flexibility index (Phi) is 4.95. The first kappa shape index (κ1) is 13.8. The van der Waals surface area contributed by atoms with E-state index in [0.29, 0.717) is 6.42 Å². The van der Waals surface area contributed by atoms with Crippen molar-refractivity contribution in [1.29, 1.82) is 0 Å². The van der Waals surface area contributed by atoms with Crippen molar-refractivity contribution in [2.45, 2.75) is 26.2 Å². The molecule has 1 saturated carbocycles. The fourth-order valence-corrected chi connectivity index (χ4v) is 2.35. The molecule has 0 radical (unpaired) electrons. The molecule has 0 heterocycles. The molecule has 1 aromatic carbocycles. The van der Waals surface area contributed by atoms with Crippen LogP contribution in [0.25, 0.3) is 0 Å². The van der Waals surface area contributed by atoms with Crippen LogP contribution in [-0.4, -0.2) is 30.3 Å². The van der Waals surface area contributed by atoms with Crippen molar-refractivity contribution in [1.82, 2.24) is 4.90 Å². The lowest BCUT2D eigenvalue weighted by Crippen LogP contribution is -2.28. The van der Waals surface area contributed by atoms with Crippen molar-refractivity contribution in [2.24, 2.45) is 5.92 Å². The smallest absolute Gasteiger partial charge is 0.164 e. The molecule has 0 bridgehead atoms. The molecule has 2 rings (SSSR count). The maximum absolute atomic E-state index is 12.0. The molecule has 0 N–H and O–H groups in total. The molecule has 3 heteroatoms. The third kappa shape index (κ3) is 4.21. The molecule has 0 unspecified atom stereocenters. The maximum Gasteiger partial charge on any atom is 0.164 e. The van der Waals surface area contributed by atoms with Crippen molar-refractivity contribution < 1.29 is 4.79 Å². The van der Waals surface area contributed by atoms with E-state index in [-0.39, 0.29) is 5.78 Å². The van der Waals surface area contributed by atoms with Crippen molar-refractivity contribution in [3.63, 3.8) is 0 Å². The van der Waals surface area contributed by atoms with E-state index in [1.165, 1.54) is 19.4 Å². The van der Waals surface area contributed by atoms with Crippen molar-refractivity contribution in [2.75, 3.05) is 19.6 Å². The van der Waals surface area contributed by atoms with Crippen LogP contribution in [0.4, 0.5) is 0 Å². The minimum absolute atomic E-state index is 0.247. The molecule has 0 atom stereocenters. The number of Topliss-reactive ketones (excluding diaryl/α,β-unsaturated/α-hetero) is 1. The second-order valence-electron chi connectivity index (χ2n) is 5.02. The topological polar surface area (TPSA) is 20.3 Å². The number of benzene rings is 1. The molecule has 1 aliphatic carbocycles. The van der Waals surface area contributed by atoms with E-state index in [9.17, 15) is 4.79 Å². The summed E-state index contributed by atoms with van der Waals surface area (Å²) in [5, 5.41) is 0. The van der Waals surface area contributed by atoms with Crippen LogP contribution in [0.5, 0.6) is 0 Å². The number of halogens is 1. The van der Waals surface area contributed by atoms with E-state index in [2.05, 4.69) is 27.8 Å². The molecule has 0 saturated heterocycles. The van der Waals surface area contributed by atoms with Gasteiger partial charge in [0.15, 0.2) is 5.78 Å². The summed E-state index contributed by atoms with van der Waals surface area (Å²) in [6.45, 7) is 5.28. The van der Waals surface area contributed by atoms with Gasteiger partial charge >= 0.3 is 0 Å². The largest absolute Gasteiger partial charge is 0.303 e. The second-order valence-corrected chi connectivity index (χ2v) is 5.93. The Hall–Kier alpha value is -0.670. The summed E-state index contributed by atoms with van der Waals surface area (Å²) in [4.78, 5) is 14.4. The summed E-state index contributed by atoms with van der Waals surface area (Å²) in [5.74, 6) is 1.14. The van der Waals surface area contributed by atoms with Gasteiger partial charge in [0.25, 0.3) is 0 Å². The van der Waals surface area contributed by atoms with E-state index in [4.69, 9.17) is 0 Å². The number of ketones is 1. The van der Waals surface area contributed by atoms with Crippen LogP contribution in [0, 0.1) is 5.92 Å².